The van der Waals surface area contributed by atoms with Gasteiger partial charge >= 0.3 is 0 Å². The molecule has 2 aromatic carbocycles. The van der Waals surface area contributed by atoms with Crippen LogP contribution >= 0.6 is 11.3 Å². The predicted octanol–water partition coefficient (Wildman–Crippen LogP) is 6.34. The summed E-state index contributed by atoms with van der Waals surface area (Å²) < 4.78 is 6.29. The Bertz CT molecular complexity index is 954. The minimum absolute atomic E-state index is 0.0831. The fraction of sp³-hybridized carbons (Fsp3) is 0.375. The molecule has 0 unspecified atom stereocenters. The largest absolute Gasteiger partial charge is 0.497 e. The van der Waals surface area contributed by atoms with Gasteiger partial charge in [-0.15, -0.1) is 11.3 Å². The first kappa shape index (κ1) is 20.4. The number of nitrogens with zero attached hydrogens (tertiary/aromatic N) is 1. The highest BCUT2D eigenvalue weighted by Gasteiger charge is 2.10. The van der Waals surface area contributed by atoms with Crippen molar-refractivity contribution in [3.05, 3.63) is 58.8 Å². The average Bonchev–Trinajstić information content (AvgIpc) is 2.73. The van der Waals surface area contributed by atoms with Gasteiger partial charge in [0.2, 0.25) is 0 Å². The molecule has 0 spiro atoms. The van der Waals surface area contributed by atoms with Crippen molar-refractivity contribution in [3.63, 3.8) is 0 Å². The number of rotatable bonds is 9. The smallest absolute Gasteiger partial charge is 0.188 e. The van der Waals surface area contributed by atoms with E-state index in [2.05, 4.69) is 30.9 Å². The summed E-state index contributed by atoms with van der Waals surface area (Å²) >= 11 is 1.68. The zero-order valence-electron chi connectivity index (χ0n) is 17.0. The van der Waals surface area contributed by atoms with Gasteiger partial charge in [0.05, 0.1) is 7.11 Å². The number of ether oxygens (including phenoxy) is 1. The van der Waals surface area contributed by atoms with Crippen molar-refractivity contribution in [1.29, 1.82) is 0 Å². The molecular formula is C24H29NO2S. The Morgan fingerprint density at radius 3 is 2.21 bits per heavy atom. The quantitative estimate of drug-likeness (QED) is 0.423. The Hall–Kier alpha value is -2.33. The first-order valence-corrected chi connectivity index (χ1v) is 10.9. The van der Waals surface area contributed by atoms with E-state index in [1.165, 1.54) is 31.4 Å². The Morgan fingerprint density at radius 2 is 1.61 bits per heavy atom. The normalized spacial score (nSPS) is 11.0. The average molecular weight is 396 g/mol. The second-order valence-corrected chi connectivity index (χ2v) is 8.16. The lowest BCUT2D eigenvalue weighted by atomic mass is 10.1. The van der Waals surface area contributed by atoms with Crippen LogP contribution in [-0.4, -0.2) is 20.2 Å². The van der Waals surface area contributed by atoms with Crippen LogP contribution in [0.1, 0.15) is 39.5 Å². The summed E-state index contributed by atoms with van der Waals surface area (Å²) in [5, 5.41) is 0.803. The van der Waals surface area contributed by atoms with Gasteiger partial charge in [-0.2, -0.15) is 0 Å². The number of hydrogen-bond acceptors (Lipinski definition) is 4. The maximum atomic E-state index is 12.7. The van der Waals surface area contributed by atoms with Crippen LogP contribution in [0.25, 0.3) is 20.5 Å². The molecule has 3 rings (SSSR count). The number of methoxy groups -OCH3 is 1. The zero-order valence-corrected chi connectivity index (χ0v) is 17.8. The molecule has 1 aromatic heterocycles. The third-order valence-corrected chi connectivity index (χ3v) is 6.15. The van der Waals surface area contributed by atoms with Gasteiger partial charge in [-0.1, -0.05) is 26.7 Å². The van der Waals surface area contributed by atoms with Crippen LogP contribution < -0.4 is 15.1 Å². The van der Waals surface area contributed by atoms with Crippen molar-refractivity contribution in [1.82, 2.24) is 0 Å². The lowest BCUT2D eigenvalue weighted by Crippen LogP contribution is -2.25. The van der Waals surface area contributed by atoms with Gasteiger partial charge in [0.15, 0.2) is 5.43 Å². The van der Waals surface area contributed by atoms with Crippen molar-refractivity contribution < 1.29 is 4.74 Å². The molecule has 0 saturated carbocycles. The van der Waals surface area contributed by atoms with Crippen LogP contribution in [-0.2, 0) is 0 Å². The van der Waals surface area contributed by atoms with Crippen LogP contribution in [0.3, 0.4) is 0 Å². The highest BCUT2D eigenvalue weighted by Crippen LogP contribution is 2.31. The van der Waals surface area contributed by atoms with Crippen LogP contribution in [0.2, 0.25) is 0 Å². The Morgan fingerprint density at radius 1 is 0.929 bits per heavy atom. The first-order valence-electron chi connectivity index (χ1n) is 10.1. The van der Waals surface area contributed by atoms with Crippen molar-refractivity contribution in [2.45, 2.75) is 39.5 Å². The molecular weight excluding hydrogens is 366 g/mol. The summed E-state index contributed by atoms with van der Waals surface area (Å²) in [6.45, 7) is 6.58. The SMILES string of the molecule is CCCCN(CCCC)c1ccc2c(=O)cc(-c3ccc(OC)cc3)sc2c1. The fourth-order valence-electron chi connectivity index (χ4n) is 3.31. The second-order valence-electron chi connectivity index (χ2n) is 7.08. The molecule has 0 aliphatic heterocycles. The highest BCUT2D eigenvalue weighted by molar-refractivity contribution is 7.21. The topological polar surface area (TPSA) is 29.5 Å². The molecule has 1 heterocycles. The van der Waals surface area contributed by atoms with Crippen molar-refractivity contribution in [2.75, 3.05) is 25.1 Å². The van der Waals surface area contributed by atoms with E-state index >= 15 is 0 Å². The van der Waals surface area contributed by atoms with Crippen molar-refractivity contribution in [3.8, 4) is 16.2 Å². The number of unbranched alkanes of at least 4 members (excludes halogenated alkanes) is 2. The predicted molar refractivity (Wildman–Crippen MR) is 122 cm³/mol. The number of benzene rings is 2. The van der Waals surface area contributed by atoms with Gasteiger partial charge in [-0.3, -0.25) is 4.79 Å². The number of fused-ring (bicyclic) bond motifs is 1. The fourth-order valence-corrected chi connectivity index (χ4v) is 4.42. The summed E-state index contributed by atoms with van der Waals surface area (Å²) in [7, 11) is 1.66. The molecule has 0 bridgehead atoms. The van der Waals surface area contributed by atoms with E-state index in [0.717, 1.165) is 39.4 Å². The lowest BCUT2D eigenvalue weighted by molar-refractivity contribution is 0.415. The third kappa shape index (κ3) is 4.74. The minimum atomic E-state index is 0.0831. The van der Waals surface area contributed by atoms with Crippen LogP contribution in [0.4, 0.5) is 5.69 Å². The summed E-state index contributed by atoms with van der Waals surface area (Å²) in [5.41, 5.74) is 2.35. The first-order chi connectivity index (χ1) is 13.7. The maximum Gasteiger partial charge on any atom is 0.188 e. The van der Waals surface area contributed by atoms with E-state index < -0.39 is 0 Å². The monoisotopic (exact) mass is 395 g/mol. The molecule has 3 nitrogen and oxygen atoms in total. The Balaban J connectivity index is 1.99. The van der Waals surface area contributed by atoms with Gasteiger partial charge in [0.1, 0.15) is 5.75 Å². The van der Waals surface area contributed by atoms with E-state index in [-0.39, 0.29) is 5.43 Å². The van der Waals surface area contributed by atoms with Gasteiger partial charge < -0.3 is 9.64 Å². The third-order valence-electron chi connectivity index (χ3n) is 5.02. The molecule has 4 heteroatoms. The molecule has 148 valence electrons. The van der Waals surface area contributed by atoms with Crippen molar-refractivity contribution >= 4 is 27.1 Å². The van der Waals surface area contributed by atoms with Crippen molar-refractivity contribution in [2.24, 2.45) is 0 Å². The summed E-state index contributed by atoms with van der Waals surface area (Å²) in [4.78, 5) is 16.1. The maximum absolute atomic E-state index is 12.7. The van der Waals surface area contributed by atoms with E-state index in [1.807, 2.05) is 30.3 Å². The molecule has 0 amide bonds. The van der Waals surface area contributed by atoms with E-state index in [4.69, 9.17) is 4.74 Å². The molecule has 0 aliphatic rings. The molecule has 0 aliphatic carbocycles. The molecule has 0 radical (unpaired) electrons. The van der Waals surface area contributed by atoms with E-state index in [9.17, 15) is 4.79 Å². The zero-order chi connectivity index (χ0) is 19.9. The Kier molecular flexibility index (Phi) is 7.10. The molecule has 3 aromatic rings. The second kappa shape index (κ2) is 9.74. The van der Waals surface area contributed by atoms with Gasteiger partial charge in [0.25, 0.3) is 0 Å². The van der Waals surface area contributed by atoms with Gasteiger partial charge in [0, 0.05) is 39.8 Å². The minimum Gasteiger partial charge on any atom is -0.497 e. The van der Waals surface area contributed by atoms with E-state index in [1.54, 1.807) is 24.5 Å². The van der Waals surface area contributed by atoms with Gasteiger partial charge in [-0.25, -0.2) is 0 Å². The molecule has 0 fully saturated rings. The molecule has 0 saturated heterocycles. The number of hydrogen-bond donors (Lipinski definition) is 0. The van der Waals surface area contributed by atoms with Crippen LogP contribution in [0, 0.1) is 0 Å². The summed E-state index contributed by atoms with van der Waals surface area (Å²) in [5.74, 6) is 0.821. The van der Waals surface area contributed by atoms with E-state index in [0.29, 0.717) is 0 Å². The number of anilines is 1. The Labute approximate surface area is 171 Å². The van der Waals surface area contributed by atoms with Crippen LogP contribution in [0.15, 0.2) is 53.3 Å². The molecule has 0 atom stereocenters. The molecule has 0 N–H and O–H groups in total. The van der Waals surface area contributed by atoms with Crippen LogP contribution in [0.5, 0.6) is 5.75 Å². The summed E-state index contributed by atoms with van der Waals surface area (Å²) in [6.07, 6.45) is 4.74. The van der Waals surface area contributed by atoms with Gasteiger partial charge in [-0.05, 0) is 60.9 Å². The standard InChI is InChI=1S/C24H29NO2S/c1-4-6-14-25(15-7-5-2)19-10-13-21-22(26)17-23(28-24(21)16-19)18-8-11-20(27-3)12-9-18/h8-13,16-17H,4-7,14-15H2,1-3H3. The highest BCUT2D eigenvalue weighted by atomic mass is 32.1. The molecule has 28 heavy (non-hydrogen) atoms. The lowest BCUT2D eigenvalue weighted by Gasteiger charge is -2.25. The summed E-state index contributed by atoms with van der Waals surface area (Å²) in [6, 6.07) is 15.9.